The lowest BCUT2D eigenvalue weighted by molar-refractivity contribution is -0.136. The molecule has 0 saturated heterocycles. The van der Waals surface area contributed by atoms with Crippen LogP contribution in [0.1, 0.15) is 59.2 Å². The largest absolute Gasteiger partial charge is 0.407 e. The highest BCUT2D eigenvalue weighted by Crippen LogP contribution is 2.29. The van der Waals surface area contributed by atoms with Crippen LogP contribution in [0.5, 0.6) is 5.88 Å². The lowest BCUT2D eigenvalue weighted by atomic mass is 9.92. The third-order valence-electron chi connectivity index (χ3n) is 3.58. The van der Waals surface area contributed by atoms with Gasteiger partial charge in [-0.05, 0) is 30.0 Å². The van der Waals surface area contributed by atoms with Crippen molar-refractivity contribution in [3.05, 3.63) is 41.6 Å². The molecule has 0 atom stereocenters. The summed E-state index contributed by atoms with van der Waals surface area (Å²) < 4.78 is 7.37. The van der Waals surface area contributed by atoms with Gasteiger partial charge in [-0.1, -0.05) is 53.7 Å². The molecule has 0 radical (unpaired) electrons. The number of aromatic nitrogens is 2. The van der Waals surface area contributed by atoms with Gasteiger partial charge >= 0.3 is 5.97 Å². The van der Waals surface area contributed by atoms with Crippen molar-refractivity contribution in [2.24, 2.45) is 5.41 Å². The molecule has 24 heavy (non-hydrogen) atoms. The molecule has 0 unspecified atom stereocenters. The van der Waals surface area contributed by atoms with Gasteiger partial charge in [-0.15, -0.1) is 0 Å². The van der Waals surface area contributed by atoms with Gasteiger partial charge in [0.05, 0.1) is 17.8 Å². The number of benzene rings is 1. The zero-order valence-corrected chi connectivity index (χ0v) is 15.8. The maximum absolute atomic E-state index is 12.3. The van der Waals surface area contributed by atoms with E-state index >= 15 is 0 Å². The van der Waals surface area contributed by atoms with E-state index in [4.69, 9.17) is 4.74 Å². The first kappa shape index (κ1) is 18.2. The molecule has 0 N–H and O–H groups in total. The lowest BCUT2D eigenvalue weighted by Gasteiger charge is -2.16. The molecule has 0 saturated carbocycles. The van der Waals surface area contributed by atoms with Gasteiger partial charge in [0.25, 0.3) is 0 Å². The van der Waals surface area contributed by atoms with Crippen molar-refractivity contribution in [1.82, 2.24) is 9.78 Å². The Morgan fingerprint density at radius 3 is 2.33 bits per heavy atom. The van der Waals surface area contributed by atoms with Gasteiger partial charge < -0.3 is 4.74 Å². The average molecular weight is 328 g/mol. The number of carbonyl (C=O) groups excluding carboxylic acids is 1. The van der Waals surface area contributed by atoms with Crippen LogP contribution >= 0.6 is 0 Å². The quantitative estimate of drug-likeness (QED) is 0.759. The van der Waals surface area contributed by atoms with Crippen LogP contribution < -0.4 is 4.74 Å². The smallest absolute Gasteiger partial charge is 0.313 e. The second-order valence-electron chi connectivity index (χ2n) is 8.58. The molecule has 0 aliphatic heterocycles. The summed E-state index contributed by atoms with van der Waals surface area (Å²) in [5.41, 5.74) is 2.68. The normalized spacial score (nSPS) is 12.3. The average Bonchev–Trinajstić information content (AvgIpc) is 2.80. The molecular weight excluding hydrogens is 300 g/mol. The van der Waals surface area contributed by atoms with Crippen molar-refractivity contribution in [3.63, 3.8) is 0 Å². The second kappa shape index (κ2) is 6.42. The van der Waals surface area contributed by atoms with Crippen LogP contribution in [0.15, 0.2) is 30.3 Å². The Hall–Kier alpha value is -2.10. The van der Waals surface area contributed by atoms with Crippen LogP contribution in [0.25, 0.3) is 5.69 Å². The molecule has 4 heteroatoms. The summed E-state index contributed by atoms with van der Waals surface area (Å²) in [6.07, 6.45) is 0.358. The third kappa shape index (κ3) is 4.70. The van der Waals surface area contributed by atoms with Gasteiger partial charge in [0.2, 0.25) is 5.88 Å². The molecule has 0 aliphatic carbocycles. The van der Waals surface area contributed by atoms with E-state index in [1.165, 1.54) is 0 Å². The first-order chi connectivity index (χ1) is 11.0. The summed E-state index contributed by atoms with van der Waals surface area (Å²) in [5.74, 6) is 0.233. The van der Waals surface area contributed by atoms with Crippen molar-refractivity contribution in [3.8, 4) is 11.6 Å². The van der Waals surface area contributed by atoms with Crippen molar-refractivity contribution in [1.29, 1.82) is 0 Å². The van der Waals surface area contributed by atoms with Gasteiger partial charge in [0.1, 0.15) is 0 Å². The van der Waals surface area contributed by atoms with Crippen molar-refractivity contribution in [2.75, 3.05) is 0 Å². The highest BCUT2D eigenvalue weighted by molar-refractivity contribution is 5.72. The number of ether oxygens (including phenoxy) is 1. The maximum atomic E-state index is 12.3. The third-order valence-corrected chi connectivity index (χ3v) is 3.58. The van der Waals surface area contributed by atoms with Crippen LogP contribution in [0.4, 0.5) is 0 Å². The van der Waals surface area contributed by atoms with Gasteiger partial charge in [-0.25, -0.2) is 4.68 Å². The van der Waals surface area contributed by atoms with Crippen molar-refractivity contribution >= 4 is 5.97 Å². The Morgan fingerprint density at radius 1 is 1.12 bits per heavy atom. The van der Waals surface area contributed by atoms with E-state index < -0.39 is 0 Å². The number of aryl methyl sites for hydroxylation is 1. The van der Waals surface area contributed by atoms with Crippen LogP contribution in [0.2, 0.25) is 0 Å². The number of rotatable bonds is 3. The van der Waals surface area contributed by atoms with Crippen molar-refractivity contribution in [2.45, 2.75) is 60.3 Å². The predicted molar refractivity (Wildman–Crippen MR) is 96.7 cm³/mol. The highest BCUT2D eigenvalue weighted by atomic mass is 16.5. The second-order valence-corrected chi connectivity index (χ2v) is 8.58. The molecule has 130 valence electrons. The number of carbonyl (C=O) groups is 1. The Morgan fingerprint density at radius 2 is 1.79 bits per heavy atom. The van der Waals surface area contributed by atoms with Gasteiger partial charge in [-0.2, -0.15) is 5.10 Å². The van der Waals surface area contributed by atoms with Crippen LogP contribution in [0.3, 0.4) is 0 Å². The highest BCUT2D eigenvalue weighted by Gasteiger charge is 2.24. The van der Waals surface area contributed by atoms with Gasteiger partial charge in [-0.3, -0.25) is 4.79 Å². The summed E-state index contributed by atoms with van der Waals surface area (Å²) in [4.78, 5) is 12.3. The first-order valence-corrected chi connectivity index (χ1v) is 8.34. The van der Waals surface area contributed by atoms with Crippen LogP contribution in [-0.4, -0.2) is 15.7 Å². The molecule has 0 bridgehead atoms. The summed E-state index contributed by atoms with van der Waals surface area (Å²) in [5, 5.41) is 4.68. The van der Waals surface area contributed by atoms with E-state index in [0.29, 0.717) is 12.3 Å². The minimum atomic E-state index is -0.239. The molecule has 2 rings (SSSR count). The Labute approximate surface area is 144 Å². The summed E-state index contributed by atoms with van der Waals surface area (Å²) in [7, 11) is 0. The SMILES string of the molecule is Cc1cccc(-n2nc(C(C)(C)C)cc2OC(=O)CC(C)(C)C)c1. The van der Waals surface area contributed by atoms with Gasteiger partial charge in [0.15, 0.2) is 0 Å². The monoisotopic (exact) mass is 328 g/mol. The summed E-state index contributed by atoms with van der Waals surface area (Å²) >= 11 is 0. The molecule has 0 amide bonds. The van der Waals surface area contributed by atoms with E-state index in [9.17, 15) is 4.79 Å². The lowest BCUT2D eigenvalue weighted by Crippen LogP contribution is -2.18. The number of hydrogen-bond acceptors (Lipinski definition) is 3. The fraction of sp³-hybridized carbons (Fsp3) is 0.500. The molecule has 0 spiro atoms. The number of nitrogens with zero attached hydrogens (tertiary/aromatic N) is 2. The first-order valence-electron chi connectivity index (χ1n) is 8.34. The molecule has 0 aliphatic rings. The fourth-order valence-corrected chi connectivity index (χ4v) is 2.33. The molecule has 4 nitrogen and oxygen atoms in total. The van der Waals surface area contributed by atoms with E-state index in [1.54, 1.807) is 4.68 Å². The van der Waals surface area contributed by atoms with Gasteiger partial charge in [0, 0.05) is 11.5 Å². The molecular formula is C20H28N2O2. The minimum Gasteiger partial charge on any atom is -0.407 e. The molecule has 0 fully saturated rings. The van der Waals surface area contributed by atoms with E-state index in [2.05, 4.69) is 25.9 Å². The van der Waals surface area contributed by atoms with E-state index in [0.717, 1.165) is 16.9 Å². The number of esters is 1. The molecule has 1 aromatic carbocycles. The topological polar surface area (TPSA) is 44.1 Å². The Kier molecular flexibility index (Phi) is 4.88. The van der Waals surface area contributed by atoms with E-state index in [-0.39, 0.29) is 16.8 Å². The zero-order valence-electron chi connectivity index (χ0n) is 15.8. The summed E-state index contributed by atoms with van der Waals surface area (Å²) in [6, 6.07) is 9.86. The number of hydrogen-bond donors (Lipinski definition) is 0. The maximum Gasteiger partial charge on any atom is 0.313 e. The Balaban J connectivity index is 2.42. The molecule has 1 aromatic heterocycles. The Bertz CT molecular complexity index is 731. The van der Waals surface area contributed by atoms with E-state index in [1.807, 2.05) is 58.0 Å². The molecule has 2 aromatic rings. The molecule has 1 heterocycles. The zero-order chi connectivity index (χ0) is 18.1. The fourth-order valence-electron chi connectivity index (χ4n) is 2.33. The van der Waals surface area contributed by atoms with Crippen LogP contribution in [0, 0.1) is 12.3 Å². The minimum absolute atomic E-state index is 0.113. The van der Waals surface area contributed by atoms with Crippen molar-refractivity contribution < 1.29 is 9.53 Å². The standard InChI is InChI=1S/C20H28N2O2/c1-14-9-8-10-15(11-14)22-17(12-16(21-22)20(5,6)7)24-18(23)13-19(2,3)4/h8-12H,13H2,1-7H3. The predicted octanol–water partition coefficient (Wildman–Crippen LogP) is 4.82. The van der Waals surface area contributed by atoms with Crippen LogP contribution in [-0.2, 0) is 10.2 Å². The summed E-state index contributed by atoms with van der Waals surface area (Å²) in [6.45, 7) is 14.4.